The molecule has 1 aliphatic rings. The van der Waals surface area contributed by atoms with Crippen molar-refractivity contribution in [3.8, 4) is 17.0 Å². The van der Waals surface area contributed by atoms with E-state index in [2.05, 4.69) is 10.3 Å². The van der Waals surface area contributed by atoms with E-state index in [1.54, 1.807) is 13.0 Å². The summed E-state index contributed by atoms with van der Waals surface area (Å²) in [6.45, 7) is 2.82. The third-order valence-electron chi connectivity index (χ3n) is 6.88. The zero-order valence-electron chi connectivity index (χ0n) is 23.5. The number of amides is 1. The van der Waals surface area contributed by atoms with Crippen molar-refractivity contribution in [2.75, 3.05) is 26.0 Å². The van der Waals surface area contributed by atoms with Crippen LogP contribution in [0.4, 0.5) is 23.2 Å². The molecule has 0 radical (unpaired) electrons. The van der Waals surface area contributed by atoms with Crippen molar-refractivity contribution in [2.24, 2.45) is 5.73 Å². The molecule has 0 bridgehead atoms. The Morgan fingerprint density at radius 2 is 1.88 bits per heavy atom. The number of nitrogens with one attached hydrogen (secondary N) is 1. The topological polar surface area (TPSA) is 133 Å². The molecule has 224 valence electrons. The largest absolute Gasteiger partial charge is 0.495 e. The molecule has 1 aromatic heterocycles. The van der Waals surface area contributed by atoms with Crippen LogP contribution in [0.5, 0.6) is 5.75 Å². The van der Waals surface area contributed by atoms with Gasteiger partial charge >= 0.3 is 0 Å². The Hall–Kier alpha value is -4.16. The van der Waals surface area contributed by atoms with Crippen LogP contribution in [0.15, 0.2) is 48.2 Å². The molecule has 0 aliphatic carbocycles. The second-order valence-electron chi connectivity index (χ2n) is 10.9. The fraction of sp³-hybridized carbons (Fsp3) is 0.333. The summed E-state index contributed by atoms with van der Waals surface area (Å²) < 4.78 is 69.5. The maximum Gasteiger partial charge on any atom is 0.274 e. The molecule has 1 aliphatic heterocycles. The van der Waals surface area contributed by atoms with E-state index in [0.717, 1.165) is 18.2 Å². The number of allylic oxidation sites excluding steroid dienone is 1. The number of halogens is 4. The molecule has 1 amide bonds. The highest BCUT2D eigenvalue weighted by molar-refractivity contribution is 5.96. The molecule has 6 N–H and O–H groups in total. The van der Waals surface area contributed by atoms with E-state index in [9.17, 15) is 23.1 Å². The zero-order valence-corrected chi connectivity index (χ0v) is 23.5. The first kappa shape index (κ1) is 30.8. The molecule has 1 fully saturated rings. The summed E-state index contributed by atoms with van der Waals surface area (Å²) in [6.07, 6.45) is 0.660. The Morgan fingerprint density at radius 1 is 1.21 bits per heavy atom. The van der Waals surface area contributed by atoms with Gasteiger partial charge in [0, 0.05) is 28.0 Å². The predicted molar refractivity (Wildman–Crippen MR) is 150 cm³/mol. The van der Waals surface area contributed by atoms with Crippen LogP contribution in [-0.2, 0) is 15.9 Å². The number of ether oxygens (including phenoxy) is 2. The van der Waals surface area contributed by atoms with Crippen molar-refractivity contribution in [3.05, 3.63) is 82.2 Å². The van der Waals surface area contributed by atoms with Gasteiger partial charge in [0.05, 0.1) is 37.1 Å². The summed E-state index contributed by atoms with van der Waals surface area (Å²) >= 11 is 0. The van der Waals surface area contributed by atoms with E-state index in [4.69, 9.17) is 20.9 Å². The lowest BCUT2D eigenvalue weighted by molar-refractivity contribution is -0.0266. The Kier molecular flexibility index (Phi) is 8.25. The maximum absolute atomic E-state index is 15.7. The first-order valence-electron chi connectivity index (χ1n) is 13.0. The van der Waals surface area contributed by atoms with Gasteiger partial charge in [0.25, 0.3) is 11.8 Å². The number of nitrogens with two attached hydrogens (primary N) is 2. The van der Waals surface area contributed by atoms with Crippen LogP contribution < -0.4 is 21.5 Å². The Morgan fingerprint density at radius 3 is 2.43 bits per heavy atom. The minimum Gasteiger partial charge on any atom is -0.495 e. The number of nitrogens with zero attached hydrogens (tertiary/aromatic N) is 1. The fourth-order valence-corrected chi connectivity index (χ4v) is 4.78. The predicted octanol–water partition coefficient (Wildman–Crippen LogP) is 4.85. The number of benzene rings is 2. The van der Waals surface area contributed by atoms with Crippen molar-refractivity contribution in [1.82, 2.24) is 10.3 Å². The van der Waals surface area contributed by atoms with Crippen LogP contribution >= 0.6 is 0 Å². The van der Waals surface area contributed by atoms with Gasteiger partial charge in [-0.1, -0.05) is 0 Å². The number of aromatic nitrogens is 1. The Balaban J connectivity index is 1.79. The Labute approximate surface area is 240 Å². The number of rotatable bonds is 8. The van der Waals surface area contributed by atoms with Gasteiger partial charge in [0.2, 0.25) is 0 Å². The van der Waals surface area contributed by atoms with E-state index >= 15 is 4.39 Å². The number of aliphatic hydroxyl groups is 1. The molecule has 1 saturated heterocycles. The highest BCUT2D eigenvalue weighted by atomic mass is 19.3. The van der Waals surface area contributed by atoms with Gasteiger partial charge in [-0.2, -0.15) is 0 Å². The monoisotopic (exact) mass is 588 g/mol. The van der Waals surface area contributed by atoms with Gasteiger partial charge in [-0.25, -0.2) is 22.5 Å². The van der Waals surface area contributed by atoms with E-state index in [0.29, 0.717) is 11.3 Å². The SMILES string of the molecule is COc1cc(C(=O)NC[C@@]2(c3cc(C(C)(C)O)c(F)c(-c4ccc(F)cc4)n3)CC(F)(F)CO2)cc(/C=C(/C)N)c1N. The number of nitrogen functional groups attached to an aromatic ring is 1. The number of hydrogen-bond donors (Lipinski definition) is 4. The first-order valence-corrected chi connectivity index (χ1v) is 13.0. The van der Waals surface area contributed by atoms with Crippen LogP contribution in [-0.4, -0.2) is 42.2 Å². The summed E-state index contributed by atoms with van der Waals surface area (Å²) in [5, 5.41) is 13.4. The van der Waals surface area contributed by atoms with Gasteiger partial charge in [0.1, 0.15) is 29.5 Å². The molecule has 42 heavy (non-hydrogen) atoms. The number of pyridine rings is 1. The Bertz CT molecular complexity index is 1530. The van der Waals surface area contributed by atoms with Crippen LogP contribution in [0.2, 0.25) is 0 Å². The quantitative estimate of drug-likeness (QED) is 0.219. The minimum atomic E-state index is -3.30. The molecule has 4 rings (SSSR count). The highest BCUT2D eigenvalue weighted by Gasteiger charge is 2.53. The molecule has 2 heterocycles. The summed E-state index contributed by atoms with van der Waals surface area (Å²) in [4.78, 5) is 17.6. The van der Waals surface area contributed by atoms with Gasteiger partial charge < -0.3 is 31.4 Å². The average Bonchev–Trinajstić information content (AvgIpc) is 3.23. The van der Waals surface area contributed by atoms with Crippen molar-refractivity contribution in [1.29, 1.82) is 0 Å². The number of hydrogen-bond acceptors (Lipinski definition) is 7. The number of carbonyl (C=O) groups is 1. The molecule has 1 atom stereocenters. The molecule has 2 aromatic carbocycles. The first-order chi connectivity index (χ1) is 19.5. The second kappa shape index (κ2) is 11.3. The van der Waals surface area contributed by atoms with Crippen molar-refractivity contribution in [2.45, 2.75) is 44.3 Å². The molecule has 0 unspecified atom stereocenters. The van der Waals surface area contributed by atoms with Crippen LogP contribution in [0.1, 0.15) is 54.4 Å². The second-order valence-corrected chi connectivity index (χ2v) is 10.9. The lowest BCUT2D eigenvalue weighted by Gasteiger charge is -2.30. The van der Waals surface area contributed by atoms with Crippen molar-refractivity contribution < 1.29 is 36.9 Å². The van der Waals surface area contributed by atoms with E-state index in [1.807, 2.05) is 0 Å². The summed E-state index contributed by atoms with van der Waals surface area (Å²) in [7, 11) is 1.37. The van der Waals surface area contributed by atoms with Gasteiger partial charge in [-0.05, 0) is 69.3 Å². The number of alkyl halides is 2. The van der Waals surface area contributed by atoms with Crippen LogP contribution in [0.3, 0.4) is 0 Å². The van der Waals surface area contributed by atoms with Crippen molar-refractivity contribution in [3.63, 3.8) is 0 Å². The van der Waals surface area contributed by atoms with E-state index in [-0.39, 0.29) is 39.5 Å². The molecule has 8 nitrogen and oxygen atoms in total. The minimum absolute atomic E-state index is 0.102. The molecular formula is C30H32F4N4O4. The number of methoxy groups -OCH3 is 1. The normalized spacial score (nSPS) is 18.6. The van der Waals surface area contributed by atoms with Crippen molar-refractivity contribution >= 4 is 17.7 Å². The molecule has 12 heteroatoms. The number of carbonyl (C=O) groups excluding carboxylic acids is 1. The third kappa shape index (κ3) is 6.34. The van der Waals surface area contributed by atoms with Crippen LogP contribution in [0.25, 0.3) is 17.3 Å². The van der Waals surface area contributed by atoms with Gasteiger partial charge in [0.15, 0.2) is 5.82 Å². The zero-order chi connectivity index (χ0) is 31.0. The standard InChI is InChI=1S/C30H32F4N4O4/c1-16(35)9-18-10-19(11-22(41-4)25(18)36)27(39)37-14-29(13-30(33,34)15-42-29)23-12-21(28(2,3)40)24(32)26(38-23)17-5-7-20(31)8-6-17/h5-12,40H,13-15,35-36H2,1-4H3,(H,37,39)/b16-9-/t29-/m1/s1. The summed E-state index contributed by atoms with van der Waals surface area (Å²) in [5.41, 5.74) is 8.87. The maximum atomic E-state index is 15.7. The molecule has 0 saturated carbocycles. The lowest BCUT2D eigenvalue weighted by Crippen LogP contribution is -2.42. The molecule has 0 spiro atoms. The van der Waals surface area contributed by atoms with Crippen LogP contribution in [0, 0.1) is 11.6 Å². The third-order valence-corrected chi connectivity index (χ3v) is 6.88. The molecular weight excluding hydrogens is 556 g/mol. The van der Waals surface area contributed by atoms with Gasteiger partial charge in [-0.15, -0.1) is 0 Å². The number of anilines is 1. The summed E-state index contributed by atoms with van der Waals surface area (Å²) in [6, 6.07) is 8.76. The smallest absolute Gasteiger partial charge is 0.274 e. The van der Waals surface area contributed by atoms with E-state index < -0.39 is 54.2 Å². The fourth-order valence-electron chi connectivity index (χ4n) is 4.78. The highest BCUT2D eigenvalue weighted by Crippen LogP contribution is 2.45. The average molecular weight is 589 g/mol. The van der Waals surface area contributed by atoms with Gasteiger partial charge in [-0.3, -0.25) is 4.79 Å². The molecule has 3 aromatic rings. The summed E-state index contributed by atoms with van der Waals surface area (Å²) in [5.74, 6) is -5.25. The lowest BCUT2D eigenvalue weighted by atomic mass is 9.88. The van der Waals surface area contributed by atoms with E-state index in [1.165, 1.54) is 45.2 Å².